The van der Waals surface area contributed by atoms with Gasteiger partial charge >= 0.3 is 36.5 Å². The van der Waals surface area contributed by atoms with Gasteiger partial charge in [-0.3, -0.25) is 0 Å². The third-order valence-corrected chi connectivity index (χ3v) is 0. The third kappa shape index (κ3) is 14.5. The summed E-state index contributed by atoms with van der Waals surface area (Å²) in [5, 5.41) is 7.38. The molecule has 0 atom stereocenters. The molecule has 0 aliphatic heterocycles. The predicted octanol–water partition coefficient (Wildman–Crippen LogP) is 0.0578. The Morgan fingerprint density at radius 1 is 1.75 bits per heavy atom. The summed E-state index contributed by atoms with van der Waals surface area (Å²) in [7, 11) is 0. The Hall–Kier alpha value is 0.780. The molecule has 0 aromatic rings. The second-order valence-electron chi connectivity index (χ2n) is 0.224. The van der Waals surface area contributed by atoms with Crippen LogP contribution in [0.25, 0.3) is 0 Å². The van der Waals surface area contributed by atoms with Crippen molar-refractivity contribution in [3.05, 3.63) is 0 Å². The molecule has 0 spiro atoms. The molecular formula is CHClNNa. The maximum atomic E-state index is 7.38. The molecule has 18 valence electrons. The van der Waals surface area contributed by atoms with Gasteiger partial charge in [-0.25, -0.2) is 0 Å². The molecule has 0 saturated heterocycles. The van der Waals surface area contributed by atoms with Gasteiger partial charge in [0.05, 0.1) is 0 Å². The zero-order valence-electron chi connectivity index (χ0n) is 2.36. The average molecular weight is 85.5 g/mol. The van der Waals surface area contributed by atoms with E-state index in [9.17, 15) is 0 Å². The van der Waals surface area contributed by atoms with Gasteiger partial charge in [-0.05, 0) is 0 Å². The van der Waals surface area contributed by atoms with Crippen molar-refractivity contribution < 1.29 is 0 Å². The van der Waals surface area contributed by atoms with Gasteiger partial charge in [-0.2, -0.15) is 0 Å². The summed E-state index contributed by atoms with van der Waals surface area (Å²) in [6.07, 6.45) is 0. The van der Waals surface area contributed by atoms with E-state index in [4.69, 9.17) is 5.26 Å². The normalized spacial score (nSPS) is 2.25. The van der Waals surface area contributed by atoms with E-state index < -0.39 is 0 Å². The van der Waals surface area contributed by atoms with Crippen molar-refractivity contribution in [2.24, 2.45) is 0 Å². The van der Waals surface area contributed by atoms with Crippen molar-refractivity contribution in [3.63, 3.8) is 0 Å². The second-order valence-corrected chi connectivity index (χ2v) is 0.671. The molecule has 1 nitrogen and oxygen atoms in total. The number of halogens is 1. The van der Waals surface area contributed by atoms with Crippen LogP contribution < -0.4 is 0 Å². The summed E-state index contributed by atoms with van der Waals surface area (Å²) in [6, 6.07) is 0. The zero-order chi connectivity index (χ0) is 2.71. The Bertz CT molecular complexity index is 29.5. The number of hydrogen-bond acceptors (Lipinski definition) is 1. The van der Waals surface area contributed by atoms with Gasteiger partial charge in [-0.1, -0.05) is 0 Å². The molecule has 0 bridgehead atoms. The van der Waals surface area contributed by atoms with Gasteiger partial charge in [0.2, 0.25) is 0 Å². The van der Waals surface area contributed by atoms with Crippen LogP contribution in [0.1, 0.15) is 0 Å². The molecule has 0 rings (SSSR count). The van der Waals surface area contributed by atoms with Gasteiger partial charge in [0.15, 0.2) is 0 Å². The summed E-state index contributed by atoms with van der Waals surface area (Å²) in [5.74, 6) is 0. The fourth-order valence-electron chi connectivity index (χ4n) is 0. The van der Waals surface area contributed by atoms with E-state index in [0.717, 1.165) is 0 Å². The number of hydrogen-bond donors (Lipinski definition) is 0. The monoisotopic (exact) mass is 85.0 g/mol. The van der Waals surface area contributed by atoms with E-state index in [-0.39, 0.29) is 12.4 Å². The van der Waals surface area contributed by atoms with Gasteiger partial charge in [0.1, 0.15) is 0 Å². The molecule has 0 amide bonds. The molecule has 0 N–H and O–H groups in total. The molecule has 0 aromatic heterocycles. The number of nitriles is 1. The molecule has 0 aliphatic carbocycles. The van der Waals surface area contributed by atoms with Crippen molar-refractivity contribution in [1.82, 2.24) is 0 Å². The van der Waals surface area contributed by atoms with Crippen LogP contribution in [0, 0.1) is 8.58 Å². The maximum absolute atomic E-state index is 7.38. The molecule has 0 unspecified atom stereocenters. The molecule has 0 saturated carbocycles. The topological polar surface area (TPSA) is 23.8 Å². The van der Waals surface area contributed by atoms with Crippen LogP contribution >= 0.6 is 12.4 Å². The van der Waals surface area contributed by atoms with E-state index in [1.54, 1.807) is 0 Å². The predicted molar refractivity (Wildman–Crippen MR) is 18.6 cm³/mol. The Kier molecular flexibility index (Phi) is 20.4. The SMILES string of the molecule is Cl.N#[C][Na]. The van der Waals surface area contributed by atoms with Gasteiger partial charge in [0.25, 0.3) is 0 Å². The van der Waals surface area contributed by atoms with E-state index in [1.807, 2.05) is 3.32 Å². The van der Waals surface area contributed by atoms with Gasteiger partial charge < -0.3 is 0 Å². The van der Waals surface area contributed by atoms with Crippen LogP contribution in [0.3, 0.4) is 0 Å². The van der Waals surface area contributed by atoms with Crippen LogP contribution in [0.15, 0.2) is 0 Å². The fraction of sp³-hybridized carbons (Fsp3) is 0. The Balaban J connectivity index is 0. The summed E-state index contributed by atoms with van der Waals surface area (Å²) < 4.78 is 1.89. The first-order valence-electron chi connectivity index (χ1n) is 0.724. The average Bonchev–Trinajstić information content (AvgIpc) is 0.918. The van der Waals surface area contributed by atoms with Crippen LogP contribution in [-0.2, 0) is 0 Å². The van der Waals surface area contributed by atoms with Gasteiger partial charge in [-0.15, -0.1) is 12.4 Å². The first kappa shape index (κ1) is 8.84. The summed E-state index contributed by atoms with van der Waals surface area (Å²) in [6.45, 7) is 0. The molecule has 0 heterocycles. The Morgan fingerprint density at radius 2 is 1.75 bits per heavy atom. The van der Waals surface area contributed by atoms with Crippen molar-refractivity contribution in [2.75, 3.05) is 0 Å². The molecule has 4 heavy (non-hydrogen) atoms. The van der Waals surface area contributed by atoms with Gasteiger partial charge in [0, 0.05) is 0 Å². The Labute approximate surface area is 48.8 Å². The summed E-state index contributed by atoms with van der Waals surface area (Å²) in [5.41, 5.74) is 0. The van der Waals surface area contributed by atoms with Crippen LogP contribution in [-0.4, -0.2) is 27.9 Å². The molecule has 0 aromatic carbocycles. The fourth-order valence-corrected chi connectivity index (χ4v) is 0. The van der Waals surface area contributed by atoms with E-state index in [1.165, 1.54) is 0 Å². The molecule has 0 aliphatic rings. The van der Waals surface area contributed by atoms with E-state index >= 15 is 0 Å². The quantitative estimate of drug-likeness (QED) is 0.382. The second kappa shape index (κ2) is 9.22. The Morgan fingerprint density at radius 3 is 1.75 bits per heavy atom. The van der Waals surface area contributed by atoms with Crippen molar-refractivity contribution in [1.29, 1.82) is 5.26 Å². The van der Waals surface area contributed by atoms with Crippen LogP contribution in [0.2, 0.25) is 0 Å². The summed E-state index contributed by atoms with van der Waals surface area (Å²) >= 11 is 0.674. The minimum atomic E-state index is 0. The minimum absolute atomic E-state index is 0. The number of nitrogens with zero attached hydrogens (tertiary/aromatic N) is 1. The third-order valence-electron chi connectivity index (χ3n) is 0. The van der Waals surface area contributed by atoms with E-state index in [2.05, 4.69) is 0 Å². The zero-order valence-corrected chi connectivity index (χ0v) is 5.17. The molecule has 0 radical (unpaired) electrons. The van der Waals surface area contributed by atoms with Crippen molar-refractivity contribution >= 4 is 40.3 Å². The molecule has 0 fully saturated rings. The van der Waals surface area contributed by atoms with E-state index in [0.29, 0.717) is 27.9 Å². The summed E-state index contributed by atoms with van der Waals surface area (Å²) in [4.78, 5) is 0. The van der Waals surface area contributed by atoms with Crippen LogP contribution in [0.4, 0.5) is 0 Å². The molecule has 3 heteroatoms. The van der Waals surface area contributed by atoms with Crippen LogP contribution in [0.5, 0.6) is 0 Å². The molecular weight excluding hydrogens is 84.5 g/mol. The first-order chi connectivity index (χ1) is 1.41. The standard InChI is InChI=1S/CN.ClH.Na/c1-2;;/h;1H;. The van der Waals surface area contributed by atoms with Crippen molar-refractivity contribution in [2.45, 2.75) is 0 Å². The number of rotatable bonds is 0. The van der Waals surface area contributed by atoms with Crippen molar-refractivity contribution in [3.8, 4) is 3.32 Å². The first-order valence-corrected chi connectivity index (χ1v) is 1.72.